The Labute approximate surface area is 95.3 Å². The Bertz CT molecular complexity index is 418. The molecule has 0 aliphatic carbocycles. The second-order valence-corrected chi connectivity index (χ2v) is 9.99. The summed E-state index contributed by atoms with van der Waals surface area (Å²) in [6, 6.07) is 3.62. The molecule has 15 heavy (non-hydrogen) atoms. The number of rotatable bonds is 1. The van der Waals surface area contributed by atoms with E-state index in [-0.39, 0.29) is 5.97 Å². The van der Waals surface area contributed by atoms with Crippen molar-refractivity contribution in [3.8, 4) is 11.5 Å². The highest BCUT2D eigenvalue weighted by Gasteiger charge is 2.09. The summed E-state index contributed by atoms with van der Waals surface area (Å²) in [5.41, 5.74) is 3.26. The van der Waals surface area contributed by atoms with Crippen LogP contribution in [0.1, 0.15) is 14.5 Å². The van der Waals surface area contributed by atoms with Crippen LogP contribution in [-0.2, 0) is 4.74 Å². The summed E-state index contributed by atoms with van der Waals surface area (Å²) in [4.78, 5) is 12.7. The third kappa shape index (κ3) is 3.90. The third-order valence-corrected chi connectivity index (χ3v) is 3.41. The number of esters is 1. The predicted molar refractivity (Wildman–Crippen MR) is 65.9 cm³/mol. The van der Waals surface area contributed by atoms with E-state index >= 15 is 0 Å². The highest BCUT2D eigenvalue weighted by atomic mass is 32.1. The molecule has 1 aromatic rings. The molecule has 0 aromatic carbocycles. The molecule has 0 fully saturated rings. The molecule has 1 aromatic heterocycles. The van der Waals surface area contributed by atoms with Crippen molar-refractivity contribution < 1.29 is 9.53 Å². The molecular formula is C11H14O2SSi. The highest BCUT2D eigenvalue weighted by molar-refractivity contribution is 7.14. The highest BCUT2D eigenvalue weighted by Crippen LogP contribution is 2.16. The van der Waals surface area contributed by atoms with Gasteiger partial charge in [0.25, 0.3) is 0 Å². The standard InChI is InChI=1S/C11H14O2SSi/c1-13-11(12)10-6-5-9(14-10)7-8-15(2,3)4/h5-6H,1-4H3. The first kappa shape index (κ1) is 12.0. The van der Waals surface area contributed by atoms with Gasteiger partial charge < -0.3 is 4.74 Å². The summed E-state index contributed by atoms with van der Waals surface area (Å²) in [5.74, 6) is 2.82. The van der Waals surface area contributed by atoms with Gasteiger partial charge in [-0.2, -0.15) is 0 Å². The van der Waals surface area contributed by atoms with Gasteiger partial charge in [-0.1, -0.05) is 25.6 Å². The van der Waals surface area contributed by atoms with Crippen molar-refractivity contribution in [2.24, 2.45) is 0 Å². The maximum atomic E-state index is 11.2. The van der Waals surface area contributed by atoms with E-state index in [1.165, 1.54) is 18.4 Å². The van der Waals surface area contributed by atoms with E-state index in [0.29, 0.717) is 4.88 Å². The first-order valence-corrected chi connectivity index (χ1v) is 8.95. The Hall–Kier alpha value is -1.05. The minimum atomic E-state index is -1.34. The Morgan fingerprint density at radius 3 is 2.60 bits per heavy atom. The lowest BCUT2D eigenvalue weighted by molar-refractivity contribution is 0.0606. The van der Waals surface area contributed by atoms with Gasteiger partial charge in [-0.05, 0) is 12.1 Å². The largest absolute Gasteiger partial charge is 0.465 e. The summed E-state index contributed by atoms with van der Waals surface area (Å²) in [5, 5.41) is 0. The first-order valence-electron chi connectivity index (χ1n) is 4.64. The van der Waals surface area contributed by atoms with E-state index < -0.39 is 8.07 Å². The van der Waals surface area contributed by atoms with Gasteiger partial charge >= 0.3 is 5.97 Å². The molecule has 0 spiro atoms. The molecule has 1 heterocycles. The lowest BCUT2D eigenvalue weighted by Gasteiger charge is -2.02. The molecule has 0 atom stereocenters. The van der Waals surface area contributed by atoms with Crippen LogP contribution in [0.25, 0.3) is 0 Å². The van der Waals surface area contributed by atoms with Crippen LogP contribution in [0.3, 0.4) is 0 Å². The van der Waals surface area contributed by atoms with Crippen LogP contribution < -0.4 is 0 Å². The van der Waals surface area contributed by atoms with E-state index in [9.17, 15) is 4.79 Å². The second kappa shape index (κ2) is 4.64. The van der Waals surface area contributed by atoms with Gasteiger partial charge in [0, 0.05) is 0 Å². The smallest absolute Gasteiger partial charge is 0.348 e. The number of methoxy groups -OCH3 is 1. The maximum Gasteiger partial charge on any atom is 0.348 e. The Morgan fingerprint density at radius 2 is 2.07 bits per heavy atom. The van der Waals surface area contributed by atoms with Gasteiger partial charge in [0.15, 0.2) is 0 Å². The molecule has 0 aliphatic heterocycles. The fourth-order valence-electron chi connectivity index (χ4n) is 0.864. The van der Waals surface area contributed by atoms with E-state index in [2.05, 4.69) is 35.8 Å². The summed E-state index contributed by atoms with van der Waals surface area (Å²) in [7, 11) is 0.0475. The zero-order chi connectivity index (χ0) is 11.5. The van der Waals surface area contributed by atoms with E-state index in [4.69, 9.17) is 0 Å². The van der Waals surface area contributed by atoms with Crippen LogP contribution in [0, 0.1) is 11.5 Å². The van der Waals surface area contributed by atoms with Crippen molar-refractivity contribution in [2.75, 3.05) is 7.11 Å². The zero-order valence-electron chi connectivity index (χ0n) is 9.38. The van der Waals surface area contributed by atoms with Crippen molar-refractivity contribution in [1.82, 2.24) is 0 Å². The minimum Gasteiger partial charge on any atom is -0.465 e. The van der Waals surface area contributed by atoms with Crippen LogP contribution in [0.5, 0.6) is 0 Å². The maximum absolute atomic E-state index is 11.2. The van der Waals surface area contributed by atoms with Gasteiger partial charge in [-0.15, -0.1) is 16.9 Å². The summed E-state index contributed by atoms with van der Waals surface area (Å²) in [6.07, 6.45) is 0. The zero-order valence-corrected chi connectivity index (χ0v) is 11.2. The lowest BCUT2D eigenvalue weighted by Crippen LogP contribution is -2.16. The quantitative estimate of drug-likeness (QED) is 0.427. The van der Waals surface area contributed by atoms with Crippen LogP contribution in [-0.4, -0.2) is 21.2 Å². The molecule has 0 saturated carbocycles. The van der Waals surface area contributed by atoms with Gasteiger partial charge in [0.1, 0.15) is 13.0 Å². The molecule has 0 N–H and O–H groups in total. The second-order valence-electron chi connectivity index (χ2n) is 4.16. The number of ether oxygens (including phenoxy) is 1. The van der Waals surface area contributed by atoms with Crippen LogP contribution in [0.2, 0.25) is 19.6 Å². The Balaban J connectivity index is 2.85. The number of hydrogen-bond acceptors (Lipinski definition) is 3. The minimum absolute atomic E-state index is 0.291. The molecule has 0 radical (unpaired) electrons. The van der Waals surface area contributed by atoms with Gasteiger partial charge in [0.05, 0.1) is 12.0 Å². The van der Waals surface area contributed by atoms with Gasteiger partial charge in [-0.3, -0.25) is 0 Å². The van der Waals surface area contributed by atoms with E-state index in [1.54, 1.807) is 6.07 Å². The Kier molecular flexibility index (Phi) is 3.72. The molecule has 0 aliphatic rings. The molecule has 0 unspecified atom stereocenters. The van der Waals surface area contributed by atoms with Crippen molar-refractivity contribution in [1.29, 1.82) is 0 Å². The topological polar surface area (TPSA) is 26.3 Å². The lowest BCUT2D eigenvalue weighted by atomic mass is 10.4. The Morgan fingerprint density at radius 1 is 1.40 bits per heavy atom. The number of hydrogen-bond donors (Lipinski definition) is 0. The molecule has 80 valence electrons. The normalized spacial score (nSPS) is 10.4. The fourth-order valence-corrected chi connectivity index (χ4v) is 2.24. The molecular weight excluding hydrogens is 224 g/mol. The molecule has 0 bridgehead atoms. The molecule has 4 heteroatoms. The van der Waals surface area contributed by atoms with Crippen molar-refractivity contribution in [2.45, 2.75) is 19.6 Å². The summed E-state index contributed by atoms with van der Waals surface area (Å²) >= 11 is 1.38. The predicted octanol–water partition coefficient (Wildman–Crippen LogP) is 2.76. The average molecular weight is 238 g/mol. The summed E-state index contributed by atoms with van der Waals surface area (Å²) < 4.78 is 4.63. The molecule has 1 rings (SSSR count). The van der Waals surface area contributed by atoms with Gasteiger partial charge in [0.2, 0.25) is 0 Å². The molecule has 2 nitrogen and oxygen atoms in total. The van der Waals surface area contributed by atoms with Crippen molar-refractivity contribution in [3.05, 3.63) is 21.9 Å². The molecule has 0 amide bonds. The van der Waals surface area contributed by atoms with Crippen molar-refractivity contribution in [3.63, 3.8) is 0 Å². The van der Waals surface area contributed by atoms with E-state index in [0.717, 1.165) is 4.88 Å². The van der Waals surface area contributed by atoms with Crippen LogP contribution in [0.15, 0.2) is 12.1 Å². The van der Waals surface area contributed by atoms with Crippen LogP contribution >= 0.6 is 11.3 Å². The number of carbonyl (C=O) groups is 1. The third-order valence-electron chi connectivity index (χ3n) is 1.55. The fraction of sp³-hybridized carbons (Fsp3) is 0.364. The number of carbonyl (C=O) groups excluding carboxylic acids is 1. The van der Waals surface area contributed by atoms with E-state index in [1.807, 2.05) is 6.07 Å². The first-order chi connectivity index (χ1) is 6.92. The average Bonchev–Trinajstić information content (AvgIpc) is 2.61. The SMILES string of the molecule is COC(=O)c1ccc(C#C[Si](C)(C)C)s1. The molecule has 0 saturated heterocycles. The van der Waals surface area contributed by atoms with Crippen molar-refractivity contribution >= 4 is 25.4 Å². The summed E-state index contributed by atoms with van der Waals surface area (Å²) in [6.45, 7) is 6.57. The monoisotopic (exact) mass is 238 g/mol. The van der Waals surface area contributed by atoms with Crippen LogP contribution in [0.4, 0.5) is 0 Å². The van der Waals surface area contributed by atoms with Gasteiger partial charge in [-0.25, -0.2) is 4.79 Å². The number of thiophene rings is 1.